The second-order valence-electron chi connectivity index (χ2n) is 5.86. The highest BCUT2D eigenvalue weighted by atomic mass is 35.5. The van der Waals surface area contributed by atoms with Crippen LogP contribution in [0.15, 0.2) is 72.9 Å². The van der Waals surface area contributed by atoms with E-state index in [4.69, 9.17) is 23.2 Å². The SMILES string of the molecule is [O-][n+]1ccc2c(-c3cccc(F)c3)cccc2c1-c1c(Cl)cccc1Cl. The van der Waals surface area contributed by atoms with Gasteiger partial charge in [0.2, 0.25) is 5.69 Å². The third-order valence-electron chi connectivity index (χ3n) is 4.29. The number of fused-ring (bicyclic) bond motifs is 1. The van der Waals surface area contributed by atoms with Gasteiger partial charge in [-0.2, -0.15) is 4.73 Å². The van der Waals surface area contributed by atoms with Gasteiger partial charge >= 0.3 is 0 Å². The van der Waals surface area contributed by atoms with E-state index in [0.717, 1.165) is 21.2 Å². The van der Waals surface area contributed by atoms with Gasteiger partial charge in [-0.3, -0.25) is 0 Å². The van der Waals surface area contributed by atoms with Gasteiger partial charge in [0.1, 0.15) is 5.82 Å². The molecular weight excluding hydrogens is 372 g/mol. The summed E-state index contributed by atoms with van der Waals surface area (Å²) < 4.78 is 14.4. The topological polar surface area (TPSA) is 26.9 Å². The summed E-state index contributed by atoms with van der Waals surface area (Å²) in [5.74, 6) is -0.316. The van der Waals surface area contributed by atoms with Crippen molar-refractivity contribution in [1.82, 2.24) is 0 Å². The molecule has 128 valence electrons. The number of halogens is 3. The molecule has 4 rings (SSSR count). The van der Waals surface area contributed by atoms with Crippen molar-refractivity contribution in [3.05, 3.63) is 94.0 Å². The van der Waals surface area contributed by atoms with Crippen LogP contribution in [0.5, 0.6) is 0 Å². The van der Waals surface area contributed by atoms with Gasteiger partial charge in [0, 0.05) is 11.5 Å². The number of hydrogen-bond donors (Lipinski definition) is 0. The smallest absolute Gasteiger partial charge is 0.234 e. The molecule has 0 bridgehead atoms. The van der Waals surface area contributed by atoms with Gasteiger partial charge in [0.25, 0.3) is 0 Å². The van der Waals surface area contributed by atoms with Gasteiger partial charge in [0.05, 0.1) is 21.0 Å². The van der Waals surface area contributed by atoms with Crippen LogP contribution in [0.25, 0.3) is 33.2 Å². The van der Waals surface area contributed by atoms with Crippen LogP contribution in [0.3, 0.4) is 0 Å². The lowest BCUT2D eigenvalue weighted by Crippen LogP contribution is -2.28. The monoisotopic (exact) mass is 383 g/mol. The Labute approximate surface area is 159 Å². The predicted molar refractivity (Wildman–Crippen MR) is 104 cm³/mol. The van der Waals surface area contributed by atoms with Crippen molar-refractivity contribution in [3.63, 3.8) is 0 Å². The maximum absolute atomic E-state index is 13.7. The first-order chi connectivity index (χ1) is 12.6. The minimum absolute atomic E-state index is 0.316. The average Bonchev–Trinajstić information content (AvgIpc) is 2.62. The first kappa shape index (κ1) is 16.8. The minimum Gasteiger partial charge on any atom is -0.618 e. The molecule has 0 amide bonds. The number of benzene rings is 3. The highest BCUT2D eigenvalue weighted by Crippen LogP contribution is 2.38. The molecule has 5 heteroatoms. The molecule has 0 radical (unpaired) electrons. The Morgan fingerprint density at radius 2 is 1.50 bits per heavy atom. The van der Waals surface area contributed by atoms with Crippen molar-refractivity contribution in [2.45, 2.75) is 0 Å². The Morgan fingerprint density at radius 1 is 0.808 bits per heavy atom. The van der Waals surface area contributed by atoms with Crippen LogP contribution in [-0.4, -0.2) is 0 Å². The number of pyridine rings is 1. The van der Waals surface area contributed by atoms with Crippen LogP contribution < -0.4 is 4.73 Å². The Balaban J connectivity index is 2.08. The van der Waals surface area contributed by atoms with Crippen molar-refractivity contribution in [2.24, 2.45) is 0 Å². The Hall–Kier alpha value is -2.62. The quantitative estimate of drug-likeness (QED) is 0.296. The zero-order chi connectivity index (χ0) is 18.3. The maximum atomic E-state index is 13.7. The normalized spacial score (nSPS) is 11.0. The van der Waals surface area contributed by atoms with E-state index >= 15 is 0 Å². The molecule has 0 saturated carbocycles. The Kier molecular flexibility index (Phi) is 4.27. The molecule has 0 spiro atoms. The van der Waals surface area contributed by atoms with Crippen LogP contribution in [-0.2, 0) is 0 Å². The van der Waals surface area contributed by atoms with E-state index in [1.807, 2.05) is 24.3 Å². The maximum Gasteiger partial charge on any atom is 0.234 e. The largest absolute Gasteiger partial charge is 0.618 e. The first-order valence-electron chi connectivity index (χ1n) is 7.91. The van der Waals surface area contributed by atoms with Gasteiger partial charge in [-0.1, -0.05) is 53.5 Å². The number of nitrogens with zero attached hydrogens (tertiary/aromatic N) is 1. The van der Waals surface area contributed by atoms with Crippen molar-refractivity contribution < 1.29 is 9.12 Å². The molecule has 0 unspecified atom stereocenters. The van der Waals surface area contributed by atoms with Gasteiger partial charge in [0.15, 0.2) is 6.20 Å². The van der Waals surface area contributed by atoms with Gasteiger partial charge < -0.3 is 5.21 Å². The van der Waals surface area contributed by atoms with E-state index in [1.54, 1.807) is 30.3 Å². The molecule has 0 aliphatic heterocycles. The highest BCUT2D eigenvalue weighted by molar-refractivity contribution is 6.39. The summed E-state index contributed by atoms with van der Waals surface area (Å²) in [6.45, 7) is 0. The lowest BCUT2D eigenvalue weighted by Gasteiger charge is -2.13. The van der Waals surface area contributed by atoms with Crippen molar-refractivity contribution in [2.75, 3.05) is 0 Å². The molecule has 4 aromatic rings. The second-order valence-corrected chi connectivity index (χ2v) is 6.68. The molecule has 0 saturated heterocycles. The summed E-state index contributed by atoms with van der Waals surface area (Å²) >= 11 is 12.7. The van der Waals surface area contributed by atoms with E-state index in [2.05, 4.69) is 0 Å². The molecular formula is C21H12Cl2FNO. The van der Waals surface area contributed by atoms with E-state index in [-0.39, 0.29) is 5.82 Å². The summed E-state index contributed by atoms with van der Waals surface area (Å²) in [7, 11) is 0. The van der Waals surface area contributed by atoms with Crippen molar-refractivity contribution >= 4 is 34.0 Å². The van der Waals surface area contributed by atoms with Gasteiger partial charge in [-0.05, 0) is 41.5 Å². The fraction of sp³-hybridized carbons (Fsp3) is 0. The fourth-order valence-electron chi connectivity index (χ4n) is 3.16. The Morgan fingerprint density at radius 3 is 2.23 bits per heavy atom. The molecule has 0 aliphatic rings. The summed E-state index contributed by atoms with van der Waals surface area (Å²) in [6.07, 6.45) is 1.42. The lowest BCUT2D eigenvalue weighted by molar-refractivity contribution is -0.592. The number of aromatic nitrogens is 1. The summed E-state index contributed by atoms with van der Waals surface area (Å²) in [5.41, 5.74) is 2.41. The third-order valence-corrected chi connectivity index (χ3v) is 4.92. The molecule has 0 fully saturated rings. The van der Waals surface area contributed by atoms with E-state index in [9.17, 15) is 9.60 Å². The van der Waals surface area contributed by atoms with Gasteiger partial charge in [-0.15, -0.1) is 0 Å². The molecule has 2 nitrogen and oxygen atoms in total. The van der Waals surface area contributed by atoms with E-state index in [1.165, 1.54) is 18.3 Å². The first-order valence-corrected chi connectivity index (χ1v) is 8.67. The zero-order valence-corrected chi connectivity index (χ0v) is 14.9. The second kappa shape index (κ2) is 6.60. The molecule has 0 N–H and O–H groups in total. The molecule has 26 heavy (non-hydrogen) atoms. The molecule has 0 aliphatic carbocycles. The molecule has 0 atom stereocenters. The number of hydrogen-bond acceptors (Lipinski definition) is 1. The fourth-order valence-corrected chi connectivity index (χ4v) is 3.74. The van der Waals surface area contributed by atoms with Crippen LogP contribution in [0.4, 0.5) is 4.39 Å². The van der Waals surface area contributed by atoms with Crippen LogP contribution in [0.2, 0.25) is 10.0 Å². The van der Waals surface area contributed by atoms with Crippen molar-refractivity contribution in [3.8, 4) is 22.4 Å². The van der Waals surface area contributed by atoms with E-state index in [0.29, 0.717) is 26.7 Å². The van der Waals surface area contributed by atoms with Crippen molar-refractivity contribution in [1.29, 1.82) is 0 Å². The summed E-state index contributed by atoms with van der Waals surface area (Å²) in [6, 6.07) is 18.7. The highest BCUT2D eigenvalue weighted by Gasteiger charge is 2.21. The minimum atomic E-state index is -0.316. The predicted octanol–water partition coefficient (Wildman–Crippen LogP) is 6.25. The van der Waals surface area contributed by atoms with Crippen LogP contribution in [0.1, 0.15) is 0 Å². The lowest BCUT2D eigenvalue weighted by atomic mass is 9.96. The van der Waals surface area contributed by atoms with E-state index < -0.39 is 0 Å². The Bertz CT molecular complexity index is 1120. The zero-order valence-electron chi connectivity index (χ0n) is 13.4. The van der Waals surface area contributed by atoms with Gasteiger partial charge in [-0.25, -0.2) is 4.39 Å². The summed E-state index contributed by atoms with van der Waals surface area (Å²) in [5, 5.41) is 14.9. The molecule has 1 heterocycles. The van der Waals surface area contributed by atoms with Crippen LogP contribution in [0, 0.1) is 11.0 Å². The molecule has 1 aromatic heterocycles. The third kappa shape index (κ3) is 2.79. The summed E-state index contributed by atoms with van der Waals surface area (Å²) in [4.78, 5) is 0. The number of rotatable bonds is 2. The van der Waals surface area contributed by atoms with Crippen LogP contribution >= 0.6 is 23.2 Å². The standard InChI is InChI=1S/C21H12Cl2FNO/c22-18-8-3-9-19(23)20(18)21-17-7-2-6-15(16(17)10-11-25(21)26)13-4-1-5-14(24)12-13/h1-12H. The average molecular weight is 384 g/mol. The molecule has 3 aromatic carbocycles.